The van der Waals surface area contributed by atoms with Crippen molar-refractivity contribution < 1.29 is 22.0 Å². The van der Waals surface area contributed by atoms with Gasteiger partial charge in [0.25, 0.3) is 0 Å². The predicted molar refractivity (Wildman–Crippen MR) is 103 cm³/mol. The first-order chi connectivity index (χ1) is 13.7. The maximum atomic E-state index is 13.9. The van der Waals surface area contributed by atoms with Gasteiger partial charge in [-0.05, 0) is 29.8 Å². The minimum Gasteiger partial charge on any atom is -0.383 e. The monoisotopic (exact) mass is 418 g/mol. The zero-order chi connectivity index (χ0) is 21.2. The Morgan fingerprint density at radius 2 is 1.86 bits per heavy atom. The molecule has 10 heteroatoms. The summed E-state index contributed by atoms with van der Waals surface area (Å²) in [7, 11) is -4.07. The Balaban J connectivity index is 1.99. The van der Waals surface area contributed by atoms with Gasteiger partial charge >= 0.3 is 0 Å². The van der Waals surface area contributed by atoms with Gasteiger partial charge in [-0.1, -0.05) is 6.07 Å². The van der Waals surface area contributed by atoms with Crippen LogP contribution in [0.5, 0.6) is 0 Å². The minimum absolute atomic E-state index is 0.187. The molecule has 1 amide bonds. The van der Waals surface area contributed by atoms with Crippen molar-refractivity contribution >= 4 is 27.4 Å². The van der Waals surface area contributed by atoms with Gasteiger partial charge in [0.2, 0.25) is 5.91 Å². The molecule has 7 nitrogen and oxygen atoms in total. The highest BCUT2D eigenvalue weighted by molar-refractivity contribution is 7.90. The van der Waals surface area contributed by atoms with Gasteiger partial charge in [-0.2, -0.15) is 0 Å². The van der Waals surface area contributed by atoms with Gasteiger partial charge < -0.3 is 11.1 Å². The Bertz CT molecular complexity index is 1200. The topological polar surface area (TPSA) is 115 Å². The number of nitrogens with zero attached hydrogens (tertiary/aromatic N) is 2. The fourth-order valence-electron chi connectivity index (χ4n) is 2.64. The molecule has 0 radical (unpaired) electrons. The lowest BCUT2D eigenvalue weighted by Gasteiger charge is -2.11. The lowest BCUT2D eigenvalue weighted by Crippen LogP contribution is -2.11. The summed E-state index contributed by atoms with van der Waals surface area (Å²) in [4.78, 5) is 18.8. The Morgan fingerprint density at radius 1 is 1.10 bits per heavy atom. The Morgan fingerprint density at radius 3 is 2.55 bits per heavy atom. The van der Waals surface area contributed by atoms with Crippen molar-refractivity contribution in [3.63, 3.8) is 0 Å². The largest absolute Gasteiger partial charge is 0.383 e. The van der Waals surface area contributed by atoms with Gasteiger partial charge in [0.15, 0.2) is 9.84 Å². The van der Waals surface area contributed by atoms with Crippen LogP contribution < -0.4 is 11.1 Å². The molecule has 29 heavy (non-hydrogen) atoms. The first-order valence-corrected chi connectivity index (χ1v) is 9.97. The van der Waals surface area contributed by atoms with E-state index in [0.717, 1.165) is 12.1 Å². The van der Waals surface area contributed by atoms with Crippen LogP contribution in [0.25, 0.3) is 11.1 Å². The number of carbonyl (C=O) groups is 1. The maximum absolute atomic E-state index is 13.9. The highest BCUT2D eigenvalue weighted by atomic mass is 32.2. The van der Waals surface area contributed by atoms with Crippen molar-refractivity contribution in [1.82, 2.24) is 9.97 Å². The Labute approximate surface area is 165 Å². The smallest absolute Gasteiger partial charge is 0.222 e. The summed E-state index contributed by atoms with van der Waals surface area (Å²) in [5.74, 6) is -2.75. The molecule has 0 fully saturated rings. The van der Waals surface area contributed by atoms with Gasteiger partial charge in [0.05, 0.1) is 5.75 Å². The number of amides is 1. The molecule has 150 valence electrons. The maximum Gasteiger partial charge on any atom is 0.222 e. The molecule has 2 heterocycles. The SMILES string of the molecule is CC(=O)Nc1cc(-c2cnc(N)c(S(=O)(=O)Cc3ccc(F)cc3F)c2)ccn1. The van der Waals surface area contributed by atoms with Gasteiger partial charge in [0, 0.05) is 36.5 Å². The number of nitrogens with two attached hydrogens (primary N) is 1. The van der Waals surface area contributed by atoms with Crippen LogP contribution >= 0.6 is 0 Å². The van der Waals surface area contributed by atoms with Crippen molar-refractivity contribution in [2.24, 2.45) is 0 Å². The van der Waals surface area contributed by atoms with E-state index < -0.39 is 27.2 Å². The third kappa shape index (κ3) is 4.72. The molecule has 3 rings (SSSR count). The molecule has 0 aliphatic rings. The first kappa shape index (κ1) is 20.3. The first-order valence-electron chi connectivity index (χ1n) is 8.32. The van der Waals surface area contributed by atoms with E-state index in [4.69, 9.17) is 5.73 Å². The molecule has 0 aliphatic carbocycles. The number of carbonyl (C=O) groups excluding carboxylic acids is 1. The van der Waals surface area contributed by atoms with Crippen LogP contribution in [0.15, 0.2) is 53.7 Å². The zero-order valence-electron chi connectivity index (χ0n) is 15.2. The number of sulfone groups is 1. The number of anilines is 2. The molecular weight excluding hydrogens is 402 g/mol. The van der Waals surface area contributed by atoms with Gasteiger partial charge in [-0.3, -0.25) is 4.79 Å². The van der Waals surface area contributed by atoms with Crippen molar-refractivity contribution in [2.45, 2.75) is 17.6 Å². The third-order valence-corrected chi connectivity index (χ3v) is 5.66. The second-order valence-corrected chi connectivity index (χ2v) is 8.17. The zero-order valence-corrected chi connectivity index (χ0v) is 16.0. The molecule has 0 saturated heterocycles. The summed E-state index contributed by atoms with van der Waals surface area (Å²) < 4.78 is 52.6. The lowest BCUT2D eigenvalue weighted by molar-refractivity contribution is -0.114. The summed E-state index contributed by atoms with van der Waals surface area (Å²) in [6, 6.07) is 7.12. The van der Waals surface area contributed by atoms with Crippen LogP contribution in [0.4, 0.5) is 20.4 Å². The van der Waals surface area contributed by atoms with E-state index in [1.165, 1.54) is 25.4 Å². The Hall–Kier alpha value is -3.40. The summed E-state index contributed by atoms with van der Waals surface area (Å²) in [5.41, 5.74) is 6.52. The summed E-state index contributed by atoms with van der Waals surface area (Å²) in [6.45, 7) is 1.33. The molecule has 0 bridgehead atoms. The van der Waals surface area contributed by atoms with Crippen LogP contribution in [-0.4, -0.2) is 24.3 Å². The molecular formula is C19H16F2N4O3S. The molecule has 0 spiro atoms. The number of aromatic nitrogens is 2. The number of benzene rings is 1. The van der Waals surface area contributed by atoms with Crippen LogP contribution in [0.1, 0.15) is 12.5 Å². The second-order valence-electron chi connectivity index (χ2n) is 6.21. The molecule has 3 N–H and O–H groups in total. The number of halogens is 2. The molecule has 0 saturated carbocycles. The van der Waals surface area contributed by atoms with E-state index in [9.17, 15) is 22.0 Å². The number of nitrogen functional groups attached to an aromatic ring is 1. The molecule has 0 unspecified atom stereocenters. The van der Waals surface area contributed by atoms with Crippen molar-refractivity contribution in [3.8, 4) is 11.1 Å². The third-order valence-electron chi connectivity index (χ3n) is 3.97. The minimum atomic E-state index is -4.07. The fraction of sp³-hybridized carbons (Fsp3) is 0.105. The van der Waals surface area contributed by atoms with E-state index in [2.05, 4.69) is 15.3 Å². The normalized spacial score (nSPS) is 11.3. The molecule has 3 aromatic rings. The Kier molecular flexibility index (Phi) is 5.55. The van der Waals surface area contributed by atoms with E-state index in [1.807, 2.05) is 0 Å². The van der Waals surface area contributed by atoms with Crippen LogP contribution in [-0.2, 0) is 20.4 Å². The molecule has 2 aromatic heterocycles. The van der Waals surface area contributed by atoms with Crippen LogP contribution in [0.3, 0.4) is 0 Å². The van der Waals surface area contributed by atoms with E-state index in [1.54, 1.807) is 12.1 Å². The van der Waals surface area contributed by atoms with Gasteiger partial charge in [-0.25, -0.2) is 27.2 Å². The summed E-state index contributed by atoms with van der Waals surface area (Å²) >= 11 is 0. The van der Waals surface area contributed by atoms with Crippen LogP contribution in [0, 0.1) is 11.6 Å². The van der Waals surface area contributed by atoms with E-state index >= 15 is 0 Å². The van der Waals surface area contributed by atoms with E-state index in [0.29, 0.717) is 17.2 Å². The van der Waals surface area contributed by atoms with Crippen molar-refractivity contribution in [2.75, 3.05) is 11.1 Å². The average Bonchev–Trinajstić information content (AvgIpc) is 2.64. The fourth-order valence-corrected chi connectivity index (χ4v) is 4.12. The summed E-state index contributed by atoms with van der Waals surface area (Å²) in [6.07, 6.45) is 2.82. The number of hydrogen-bond donors (Lipinski definition) is 2. The number of nitrogens with one attached hydrogen (secondary N) is 1. The highest BCUT2D eigenvalue weighted by Crippen LogP contribution is 2.28. The molecule has 0 atom stereocenters. The van der Waals surface area contributed by atoms with Crippen LogP contribution in [0.2, 0.25) is 0 Å². The van der Waals surface area contributed by atoms with Gasteiger partial charge in [-0.15, -0.1) is 0 Å². The lowest BCUT2D eigenvalue weighted by atomic mass is 10.1. The number of hydrogen-bond acceptors (Lipinski definition) is 6. The summed E-state index contributed by atoms with van der Waals surface area (Å²) in [5, 5.41) is 2.53. The van der Waals surface area contributed by atoms with Crippen molar-refractivity contribution in [3.05, 3.63) is 66.0 Å². The predicted octanol–water partition coefficient (Wildman–Crippen LogP) is 2.94. The molecule has 1 aromatic carbocycles. The highest BCUT2D eigenvalue weighted by Gasteiger charge is 2.22. The number of pyridine rings is 2. The van der Waals surface area contributed by atoms with Crippen molar-refractivity contribution in [1.29, 1.82) is 0 Å². The standard InChI is InChI=1S/C19H16F2N4O3S/c1-11(26)25-18-7-12(4-5-23-18)14-6-17(19(22)24-9-14)29(27,28)10-13-2-3-15(20)8-16(13)21/h2-9H,10H2,1H3,(H2,22,24)(H,23,25,26). The quantitative estimate of drug-likeness (QED) is 0.658. The average molecular weight is 418 g/mol. The van der Waals surface area contributed by atoms with Gasteiger partial charge in [0.1, 0.15) is 28.2 Å². The second kappa shape index (κ2) is 7.92. The van der Waals surface area contributed by atoms with E-state index in [-0.39, 0.29) is 28.0 Å². The number of rotatable bonds is 5. The molecule has 0 aliphatic heterocycles.